The Hall–Kier alpha value is -0.720. The molecule has 0 aromatic carbocycles. The Morgan fingerprint density at radius 3 is 2.29 bits per heavy atom. The van der Waals surface area contributed by atoms with Crippen molar-refractivity contribution in [2.24, 2.45) is 10.1 Å². The molecule has 0 fully saturated rings. The third kappa shape index (κ3) is 4.50. The molecule has 0 radical (unpaired) electrons. The normalized spacial score (nSPS) is 19.3. The predicted octanol–water partition coefficient (Wildman–Crippen LogP) is 1.000. The van der Waals surface area contributed by atoms with Gasteiger partial charge in [-0.05, 0) is 27.7 Å². The summed E-state index contributed by atoms with van der Waals surface area (Å²) in [6.07, 6.45) is 1.25. The van der Waals surface area contributed by atoms with E-state index in [1.807, 2.05) is 0 Å². The van der Waals surface area contributed by atoms with E-state index in [-0.39, 0.29) is 4.91 Å². The highest BCUT2D eigenvalue weighted by Crippen LogP contribution is 2.06. The maximum atomic E-state index is 11.0. The molecule has 0 aliphatic heterocycles. The van der Waals surface area contributed by atoms with Crippen LogP contribution in [0.15, 0.2) is 16.1 Å². The van der Waals surface area contributed by atoms with Crippen LogP contribution in [0, 0.1) is 4.78 Å². The van der Waals surface area contributed by atoms with E-state index < -0.39 is 15.5 Å². The molecule has 6 heteroatoms. The van der Waals surface area contributed by atoms with Crippen molar-refractivity contribution in [3.63, 3.8) is 0 Å². The fourth-order valence-electron chi connectivity index (χ4n) is 0.424. The molecule has 0 aromatic heterocycles. The summed E-state index contributed by atoms with van der Waals surface area (Å²) in [5.74, 6) is 0. The Balaban J connectivity index is 4.92. The largest absolute Gasteiger partial charge is 0.385 e. The van der Waals surface area contributed by atoms with Gasteiger partial charge in [0.25, 0.3) is 0 Å². The van der Waals surface area contributed by atoms with Crippen molar-refractivity contribution in [3.05, 3.63) is 11.1 Å². The molecule has 0 aliphatic rings. The highest BCUT2D eigenvalue weighted by molar-refractivity contribution is 7.94. The van der Waals surface area contributed by atoms with Crippen molar-refractivity contribution in [3.8, 4) is 0 Å². The molecule has 0 heterocycles. The van der Waals surface area contributed by atoms with E-state index in [0.29, 0.717) is 5.71 Å². The molecule has 0 bridgehead atoms. The van der Waals surface area contributed by atoms with Crippen LogP contribution >= 0.6 is 0 Å². The van der Waals surface area contributed by atoms with Crippen LogP contribution in [0.2, 0.25) is 0 Å². The van der Waals surface area contributed by atoms with Gasteiger partial charge in [0.2, 0.25) is 0 Å². The minimum Gasteiger partial charge on any atom is -0.385 e. The second-order valence-corrected chi connectivity index (χ2v) is 5.46. The molecule has 0 saturated carbocycles. The van der Waals surface area contributed by atoms with E-state index in [9.17, 15) is 9.32 Å². The van der Waals surface area contributed by atoms with Crippen LogP contribution in [0.5, 0.6) is 0 Å². The van der Waals surface area contributed by atoms with Crippen LogP contribution in [0.25, 0.3) is 0 Å². The SMILES string of the molecule is CC(=N/C=C(\C)S(=N)(N)=O)C(C)(C)O. The average molecular weight is 219 g/mol. The third-order valence-electron chi connectivity index (χ3n) is 1.80. The highest BCUT2D eigenvalue weighted by Gasteiger charge is 2.15. The number of nitrogens with two attached hydrogens (primary N) is 1. The number of aliphatic hydroxyl groups is 1. The number of nitrogens with zero attached hydrogens (tertiary/aromatic N) is 1. The third-order valence-corrected chi connectivity index (χ3v) is 2.87. The van der Waals surface area contributed by atoms with Gasteiger partial charge < -0.3 is 5.11 Å². The summed E-state index contributed by atoms with van der Waals surface area (Å²) in [7, 11) is -3.17. The van der Waals surface area contributed by atoms with Crippen molar-refractivity contribution in [1.29, 1.82) is 4.78 Å². The van der Waals surface area contributed by atoms with Crippen molar-refractivity contribution in [1.82, 2.24) is 0 Å². The predicted molar refractivity (Wildman–Crippen MR) is 58.2 cm³/mol. The van der Waals surface area contributed by atoms with Crippen LogP contribution in [0.4, 0.5) is 0 Å². The second-order valence-electron chi connectivity index (χ2n) is 3.61. The lowest BCUT2D eigenvalue weighted by atomic mass is 10.1. The quantitative estimate of drug-likeness (QED) is 0.617. The topological polar surface area (TPSA) is 99.5 Å². The molecule has 0 amide bonds. The van der Waals surface area contributed by atoms with Crippen LogP contribution in [0.3, 0.4) is 0 Å². The molecule has 0 aromatic rings. The van der Waals surface area contributed by atoms with Crippen molar-refractivity contribution < 1.29 is 9.32 Å². The number of allylic oxidation sites excluding steroid dienone is 1. The minimum absolute atomic E-state index is 0.182. The number of hydrogen-bond acceptors (Lipinski definition) is 4. The number of hydrogen-bond donors (Lipinski definition) is 3. The van der Waals surface area contributed by atoms with Gasteiger partial charge in [0, 0.05) is 11.9 Å². The Morgan fingerprint density at radius 1 is 1.57 bits per heavy atom. The summed E-state index contributed by atoms with van der Waals surface area (Å²) in [4.78, 5) is 4.07. The minimum atomic E-state index is -3.17. The number of aliphatic imine (C=N–C) groups is 1. The van der Waals surface area contributed by atoms with Gasteiger partial charge in [0.05, 0.1) is 10.5 Å². The Kier molecular flexibility index (Phi) is 3.99. The smallest absolute Gasteiger partial charge is 0.129 e. The lowest BCUT2D eigenvalue weighted by Gasteiger charge is -2.15. The number of nitrogens with one attached hydrogen (secondary N) is 1. The molecule has 82 valence electrons. The summed E-state index contributed by atoms with van der Waals surface area (Å²) >= 11 is 0. The second kappa shape index (κ2) is 4.20. The van der Waals surface area contributed by atoms with Crippen LogP contribution in [-0.2, 0) is 9.92 Å². The lowest BCUT2D eigenvalue weighted by molar-refractivity contribution is 0.153. The van der Waals surface area contributed by atoms with Crippen molar-refractivity contribution >= 4 is 15.6 Å². The zero-order valence-corrected chi connectivity index (χ0v) is 9.68. The maximum Gasteiger partial charge on any atom is 0.129 e. The first-order chi connectivity index (χ1) is 6.05. The van der Waals surface area contributed by atoms with E-state index in [4.69, 9.17) is 9.92 Å². The standard InChI is InChI=1S/C8H17N3O2S/c1-6(14(9,10)13)5-11-7(2)8(3,4)12/h5,12H,1-4H3,(H3,9,10,13)/b6-5+,11-7?. The van der Waals surface area contributed by atoms with Crippen molar-refractivity contribution in [2.45, 2.75) is 33.3 Å². The van der Waals surface area contributed by atoms with E-state index >= 15 is 0 Å². The molecule has 0 spiro atoms. The van der Waals surface area contributed by atoms with Crippen LogP contribution in [0.1, 0.15) is 27.7 Å². The summed E-state index contributed by atoms with van der Waals surface area (Å²) in [6.45, 7) is 6.30. The first kappa shape index (κ1) is 13.3. The lowest BCUT2D eigenvalue weighted by Crippen LogP contribution is -2.28. The van der Waals surface area contributed by atoms with Gasteiger partial charge in [-0.1, -0.05) is 0 Å². The van der Waals surface area contributed by atoms with Gasteiger partial charge >= 0.3 is 0 Å². The van der Waals surface area contributed by atoms with Crippen molar-refractivity contribution in [2.75, 3.05) is 0 Å². The molecular weight excluding hydrogens is 202 g/mol. The zero-order chi connectivity index (χ0) is 11.6. The van der Waals surface area contributed by atoms with Gasteiger partial charge in [-0.15, -0.1) is 0 Å². The van der Waals surface area contributed by atoms with Gasteiger partial charge in [0.15, 0.2) is 0 Å². The van der Waals surface area contributed by atoms with Gasteiger partial charge in [0.1, 0.15) is 9.92 Å². The fourth-order valence-corrected chi connectivity index (χ4v) is 0.633. The van der Waals surface area contributed by atoms with Crippen LogP contribution in [-0.4, -0.2) is 20.6 Å². The molecular formula is C8H17N3O2S. The Morgan fingerprint density at radius 2 is 2.00 bits per heavy atom. The monoisotopic (exact) mass is 219 g/mol. The Bertz CT molecular complexity index is 361. The fraction of sp³-hybridized carbons (Fsp3) is 0.625. The van der Waals surface area contributed by atoms with E-state index in [2.05, 4.69) is 4.99 Å². The summed E-state index contributed by atoms with van der Waals surface area (Å²) in [5.41, 5.74) is -0.547. The molecule has 14 heavy (non-hydrogen) atoms. The number of rotatable bonds is 3. The molecule has 1 atom stereocenters. The van der Waals surface area contributed by atoms with E-state index in [0.717, 1.165) is 0 Å². The molecule has 4 N–H and O–H groups in total. The van der Waals surface area contributed by atoms with E-state index in [1.165, 1.54) is 13.1 Å². The highest BCUT2D eigenvalue weighted by atomic mass is 32.2. The van der Waals surface area contributed by atoms with Crippen LogP contribution < -0.4 is 5.14 Å². The summed E-state index contributed by atoms with van der Waals surface area (Å²) in [5, 5.41) is 14.6. The Labute approximate surface area is 84.8 Å². The first-order valence-corrected chi connectivity index (χ1v) is 5.68. The van der Waals surface area contributed by atoms with Gasteiger partial charge in [-0.3, -0.25) is 4.99 Å². The molecule has 0 saturated heterocycles. The average Bonchev–Trinajstić information content (AvgIpc) is 1.95. The van der Waals surface area contributed by atoms with E-state index in [1.54, 1.807) is 20.8 Å². The first-order valence-electron chi connectivity index (χ1n) is 4.05. The van der Waals surface area contributed by atoms with Gasteiger partial charge in [-0.25, -0.2) is 14.1 Å². The zero-order valence-electron chi connectivity index (χ0n) is 8.87. The summed E-state index contributed by atoms with van der Waals surface area (Å²) in [6, 6.07) is 0. The molecule has 5 nitrogen and oxygen atoms in total. The van der Waals surface area contributed by atoms with Gasteiger partial charge in [-0.2, -0.15) is 0 Å². The molecule has 1 unspecified atom stereocenters. The molecule has 0 rings (SSSR count). The molecule has 0 aliphatic carbocycles. The maximum absolute atomic E-state index is 11.0. The summed E-state index contributed by atoms with van der Waals surface area (Å²) < 4.78 is 18.0.